The number of non-ortho nitro benzene ring substituents is 1. The Labute approximate surface area is 136 Å². The Bertz CT molecular complexity index is 859. The van der Waals surface area contributed by atoms with E-state index in [1.54, 1.807) is 0 Å². The minimum atomic E-state index is -0.493. The van der Waals surface area contributed by atoms with E-state index in [9.17, 15) is 14.9 Å². The summed E-state index contributed by atoms with van der Waals surface area (Å²) in [6, 6.07) is 14.9. The number of aromatic nitrogens is 2. The standard InChI is InChI=1S/C16H12N4O4/c21-14(10-11-4-2-1-3-5-11)17-16-19-18-15(24-16)12-6-8-13(9-7-12)20(22)23/h1-9H,10H2,(H,17,19,21). The molecule has 0 radical (unpaired) electrons. The lowest BCUT2D eigenvalue weighted by Gasteiger charge is -2.00. The van der Waals surface area contributed by atoms with Crippen molar-refractivity contribution in [2.24, 2.45) is 0 Å². The summed E-state index contributed by atoms with van der Waals surface area (Å²) in [4.78, 5) is 22.1. The third-order valence-electron chi connectivity index (χ3n) is 3.20. The lowest BCUT2D eigenvalue weighted by Crippen LogP contribution is -2.14. The van der Waals surface area contributed by atoms with Crippen molar-refractivity contribution in [3.8, 4) is 11.5 Å². The molecule has 0 spiro atoms. The Morgan fingerprint density at radius 1 is 1.08 bits per heavy atom. The summed E-state index contributed by atoms with van der Waals surface area (Å²) in [5, 5.41) is 20.7. The highest BCUT2D eigenvalue weighted by atomic mass is 16.6. The van der Waals surface area contributed by atoms with E-state index in [0.717, 1.165) is 5.56 Å². The number of carbonyl (C=O) groups excluding carboxylic acids is 1. The van der Waals surface area contributed by atoms with Gasteiger partial charge in [-0.05, 0) is 17.7 Å². The van der Waals surface area contributed by atoms with Crippen molar-refractivity contribution in [1.29, 1.82) is 0 Å². The van der Waals surface area contributed by atoms with E-state index >= 15 is 0 Å². The third kappa shape index (κ3) is 3.61. The van der Waals surface area contributed by atoms with E-state index in [1.165, 1.54) is 24.3 Å². The second kappa shape index (κ2) is 6.69. The molecular weight excluding hydrogens is 312 g/mol. The van der Waals surface area contributed by atoms with Crippen LogP contribution in [0, 0.1) is 10.1 Å². The fourth-order valence-corrected chi connectivity index (χ4v) is 2.06. The fourth-order valence-electron chi connectivity index (χ4n) is 2.06. The molecule has 1 heterocycles. The van der Waals surface area contributed by atoms with Crippen LogP contribution in [0.25, 0.3) is 11.5 Å². The van der Waals surface area contributed by atoms with Crippen molar-refractivity contribution in [1.82, 2.24) is 10.2 Å². The van der Waals surface area contributed by atoms with Crippen molar-refractivity contribution in [3.63, 3.8) is 0 Å². The number of hydrogen-bond donors (Lipinski definition) is 1. The van der Waals surface area contributed by atoms with Crippen LogP contribution in [-0.4, -0.2) is 21.0 Å². The van der Waals surface area contributed by atoms with Crippen LogP contribution in [0.15, 0.2) is 59.0 Å². The topological polar surface area (TPSA) is 111 Å². The fraction of sp³-hybridized carbons (Fsp3) is 0.0625. The van der Waals surface area contributed by atoms with Crippen LogP contribution in [0.5, 0.6) is 0 Å². The van der Waals surface area contributed by atoms with E-state index in [1.807, 2.05) is 30.3 Å². The molecule has 0 aliphatic carbocycles. The second-order valence-electron chi connectivity index (χ2n) is 4.93. The van der Waals surface area contributed by atoms with Gasteiger partial charge in [0, 0.05) is 17.7 Å². The molecule has 0 aliphatic heterocycles. The Kier molecular flexibility index (Phi) is 4.28. The van der Waals surface area contributed by atoms with E-state index < -0.39 is 4.92 Å². The van der Waals surface area contributed by atoms with E-state index in [2.05, 4.69) is 15.5 Å². The molecule has 3 aromatic rings. The summed E-state index contributed by atoms with van der Waals surface area (Å²) < 4.78 is 5.35. The van der Waals surface area contributed by atoms with Gasteiger partial charge in [-0.2, -0.15) is 0 Å². The first kappa shape index (κ1) is 15.3. The van der Waals surface area contributed by atoms with Crippen molar-refractivity contribution >= 4 is 17.6 Å². The summed E-state index contributed by atoms with van der Waals surface area (Å²) in [6.07, 6.45) is 0.191. The summed E-state index contributed by atoms with van der Waals surface area (Å²) in [5.41, 5.74) is 1.36. The van der Waals surface area contributed by atoms with Gasteiger partial charge in [-0.25, -0.2) is 0 Å². The van der Waals surface area contributed by atoms with Gasteiger partial charge in [0.2, 0.25) is 11.8 Å². The molecule has 24 heavy (non-hydrogen) atoms. The number of nitrogens with one attached hydrogen (secondary N) is 1. The van der Waals surface area contributed by atoms with Crippen LogP contribution in [0.3, 0.4) is 0 Å². The van der Waals surface area contributed by atoms with Gasteiger partial charge in [0.25, 0.3) is 5.69 Å². The largest absolute Gasteiger partial charge is 0.403 e. The molecule has 0 aliphatic rings. The smallest absolute Gasteiger partial charge is 0.322 e. The van der Waals surface area contributed by atoms with Crippen molar-refractivity contribution in [2.45, 2.75) is 6.42 Å². The zero-order chi connectivity index (χ0) is 16.9. The minimum absolute atomic E-state index is 0.0238. The number of carbonyl (C=O) groups is 1. The Hall–Kier alpha value is -3.55. The molecule has 8 heteroatoms. The van der Waals surface area contributed by atoms with Crippen molar-refractivity contribution < 1.29 is 14.1 Å². The number of benzene rings is 2. The van der Waals surface area contributed by atoms with Gasteiger partial charge in [-0.1, -0.05) is 35.4 Å². The molecule has 0 unspecified atom stereocenters. The third-order valence-corrected chi connectivity index (χ3v) is 3.20. The maximum atomic E-state index is 11.9. The molecule has 1 aromatic heterocycles. The van der Waals surface area contributed by atoms with Crippen LogP contribution < -0.4 is 5.32 Å². The van der Waals surface area contributed by atoms with Gasteiger partial charge in [-0.3, -0.25) is 20.2 Å². The van der Waals surface area contributed by atoms with Crippen molar-refractivity contribution in [3.05, 3.63) is 70.3 Å². The lowest BCUT2D eigenvalue weighted by atomic mass is 10.1. The van der Waals surface area contributed by atoms with Crippen LogP contribution in [0.4, 0.5) is 11.7 Å². The number of amides is 1. The van der Waals surface area contributed by atoms with E-state index in [-0.39, 0.29) is 29.9 Å². The maximum Gasteiger partial charge on any atom is 0.322 e. The molecule has 3 rings (SSSR count). The number of rotatable bonds is 5. The maximum absolute atomic E-state index is 11.9. The molecule has 0 bridgehead atoms. The monoisotopic (exact) mass is 324 g/mol. The molecule has 2 aromatic carbocycles. The summed E-state index contributed by atoms with van der Waals surface area (Å²) in [5.74, 6) is -0.111. The molecule has 120 valence electrons. The molecule has 0 fully saturated rings. The second-order valence-corrected chi connectivity index (χ2v) is 4.93. The molecule has 0 atom stereocenters. The predicted molar refractivity (Wildman–Crippen MR) is 85.2 cm³/mol. The minimum Gasteiger partial charge on any atom is -0.403 e. The van der Waals surface area contributed by atoms with Gasteiger partial charge >= 0.3 is 6.01 Å². The summed E-state index contributed by atoms with van der Waals surface area (Å²) in [7, 11) is 0. The number of hydrogen-bond acceptors (Lipinski definition) is 6. The van der Waals surface area contributed by atoms with E-state index in [0.29, 0.717) is 5.56 Å². The molecule has 0 saturated heterocycles. The first-order valence-electron chi connectivity index (χ1n) is 7.04. The number of nitro benzene ring substituents is 1. The van der Waals surface area contributed by atoms with Crippen LogP contribution in [0.2, 0.25) is 0 Å². The summed E-state index contributed by atoms with van der Waals surface area (Å²) in [6.45, 7) is 0. The van der Waals surface area contributed by atoms with Crippen molar-refractivity contribution in [2.75, 3.05) is 5.32 Å². The van der Waals surface area contributed by atoms with Crippen LogP contribution in [0.1, 0.15) is 5.56 Å². The average Bonchev–Trinajstić information content (AvgIpc) is 3.04. The molecule has 0 saturated carbocycles. The summed E-state index contributed by atoms with van der Waals surface area (Å²) >= 11 is 0. The number of nitrogens with zero attached hydrogens (tertiary/aromatic N) is 3. The highest BCUT2D eigenvalue weighted by Crippen LogP contribution is 2.22. The number of nitro groups is 1. The quantitative estimate of drug-likeness (QED) is 0.570. The highest BCUT2D eigenvalue weighted by molar-refractivity contribution is 5.90. The number of anilines is 1. The van der Waals surface area contributed by atoms with Gasteiger partial charge in [0.05, 0.1) is 11.3 Å². The predicted octanol–water partition coefficient (Wildman–Crippen LogP) is 2.83. The first-order chi connectivity index (χ1) is 11.6. The van der Waals surface area contributed by atoms with Crippen LogP contribution in [-0.2, 0) is 11.2 Å². The van der Waals surface area contributed by atoms with Gasteiger partial charge in [0.1, 0.15) is 0 Å². The highest BCUT2D eigenvalue weighted by Gasteiger charge is 2.13. The normalized spacial score (nSPS) is 10.3. The Morgan fingerprint density at radius 2 is 1.79 bits per heavy atom. The molecule has 8 nitrogen and oxygen atoms in total. The zero-order valence-corrected chi connectivity index (χ0v) is 12.4. The Morgan fingerprint density at radius 3 is 2.46 bits per heavy atom. The molecule has 1 amide bonds. The van der Waals surface area contributed by atoms with Gasteiger partial charge < -0.3 is 4.42 Å². The van der Waals surface area contributed by atoms with Gasteiger partial charge in [0.15, 0.2) is 0 Å². The average molecular weight is 324 g/mol. The SMILES string of the molecule is O=C(Cc1ccccc1)Nc1nnc(-c2ccc([N+](=O)[O-])cc2)o1. The Balaban J connectivity index is 1.67. The zero-order valence-electron chi connectivity index (χ0n) is 12.4. The molecule has 1 N–H and O–H groups in total. The molecular formula is C16H12N4O4. The van der Waals surface area contributed by atoms with E-state index in [4.69, 9.17) is 4.42 Å². The lowest BCUT2D eigenvalue weighted by molar-refractivity contribution is -0.384. The first-order valence-corrected chi connectivity index (χ1v) is 7.04. The van der Waals surface area contributed by atoms with Crippen LogP contribution >= 0.6 is 0 Å². The van der Waals surface area contributed by atoms with Gasteiger partial charge in [-0.15, -0.1) is 5.10 Å².